The number of hydrogen-bond acceptors (Lipinski definition) is 6. The van der Waals surface area contributed by atoms with Gasteiger partial charge in [0.15, 0.2) is 17.5 Å². The monoisotopic (exact) mass is 696 g/mol. The van der Waals surface area contributed by atoms with Crippen molar-refractivity contribution in [3.63, 3.8) is 0 Å². The topological polar surface area (TPSA) is 59.7 Å². The number of rotatable bonds is 4. The highest BCUT2D eigenvalue weighted by molar-refractivity contribution is 7.25. The van der Waals surface area contributed by atoms with Gasteiger partial charge in [-0.15, -0.1) is 11.3 Å². The van der Waals surface area contributed by atoms with Crippen LogP contribution in [0.5, 0.6) is 0 Å². The molecule has 1 aliphatic rings. The molecular weight excluding hydrogens is 669 g/mol. The van der Waals surface area contributed by atoms with Crippen molar-refractivity contribution in [1.82, 2.24) is 24.5 Å². The third-order valence-electron chi connectivity index (χ3n) is 10.0. The lowest BCUT2D eigenvalue weighted by Gasteiger charge is -2.26. The van der Waals surface area contributed by atoms with Gasteiger partial charge in [0, 0.05) is 48.0 Å². The van der Waals surface area contributed by atoms with E-state index in [9.17, 15) is 0 Å². The average molecular weight is 697 g/mol. The summed E-state index contributed by atoms with van der Waals surface area (Å²) in [6.45, 7) is 0. The highest BCUT2D eigenvalue weighted by Crippen LogP contribution is 2.49. The average Bonchev–Trinajstić information content (AvgIpc) is 3.76. The molecule has 7 heteroatoms. The van der Waals surface area contributed by atoms with E-state index in [2.05, 4.69) is 155 Å². The van der Waals surface area contributed by atoms with Crippen molar-refractivity contribution in [1.29, 1.82) is 0 Å². The maximum atomic E-state index is 5.32. The fourth-order valence-corrected chi connectivity index (χ4v) is 8.69. The van der Waals surface area contributed by atoms with Gasteiger partial charge in [0.1, 0.15) is 0 Å². The first-order valence-corrected chi connectivity index (χ1v) is 18.4. The smallest absolute Gasteiger partial charge is 0.220 e. The fourth-order valence-electron chi connectivity index (χ4n) is 7.60. The predicted molar refractivity (Wildman–Crippen MR) is 217 cm³/mol. The van der Waals surface area contributed by atoms with Gasteiger partial charge < -0.3 is 0 Å². The normalized spacial score (nSPS) is 12.1. The Morgan fingerprint density at radius 3 is 1.81 bits per heavy atom. The molecule has 0 spiro atoms. The zero-order valence-electron chi connectivity index (χ0n) is 28.3. The maximum Gasteiger partial charge on any atom is 0.220 e. The molecule has 0 atom stereocenters. The Bertz CT molecular complexity index is 3040. The largest absolute Gasteiger partial charge is 0.279 e. The number of fused-ring (bicyclic) bond motifs is 10. The van der Waals surface area contributed by atoms with Crippen LogP contribution < -0.4 is 4.90 Å². The van der Waals surface area contributed by atoms with Crippen molar-refractivity contribution in [2.24, 2.45) is 0 Å². The molecule has 6 nitrogen and oxygen atoms in total. The van der Waals surface area contributed by atoms with Crippen LogP contribution in [-0.4, -0.2) is 24.5 Å². The van der Waals surface area contributed by atoms with Gasteiger partial charge in [-0.1, -0.05) is 109 Å². The van der Waals surface area contributed by atoms with Gasteiger partial charge in [-0.05, 0) is 60.7 Å². The molecule has 0 radical (unpaired) electrons. The second-order valence-corrected chi connectivity index (χ2v) is 14.2. The van der Waals surface area contributed by atoms with E-state index in [0.717, 1.165) is 61.9 Å². The quantitative estimate of drug-likeness (QED) is 0.183. The molecule has 0 saturated carbocycles. The van der Waals surface area contributed by atoms with E-state index in [1.165, 1.54) is 20.2 Å². The van der Waals surface area contributed by atoms with Crippen LogP contribution in [0.15, 0.2) is 170 Å². The minimum Gasteiger partial charge on any atom is -0.279 e. The molecule has 0 N–H and O–H groups in total. The Labute approximate surface area is 309 Å². The van der Waals surface area contributed by atoms with E-state index >= 15 is 0 Å². The van der Waals surface area contributed by atoms with E-state index in [4.69, 9.17) is 19.9 Å². The summed E-state index contributed by atoms with van der Waals surface area (Å²) in [5, 5.41) is 2.44. The zero-order chi connectivity index (χ0) is 34.9. The lowest BCUT2D eigenvalue weighted by atomic mass is 10.0. The minimum absolute atomic E-state index is 0.585. The third-order valence-corrected chi connectivity index (χ3v) is 11.2. The molecule has 10 aromatic rings. The Balaban J connectivity index is 1.17. The Hall–Kier alpha value is -6.96. The molecule has 248 valence electrons. The molecular formula is C46H28N6S. The molecule has 0 bridgehead atoms. The summed E-state index contributed by atoms with van der Waals surface area (Å²) in [5.74, 6) is 2.62. The van der Waals surface area contributed by atoms with Gasteiger partial charge in [-0.25, -0.2) is 19.9 Å². The number of anilines is 3. The van der Waals surface area contributed by atoms with Crippen molar-refractivity contribution in [3.8, 4) is 51.0 Å². The van der Waals surface area contributed by atoms with Crippen molar-refractivity contribution in [3.05, 3.63) is 170 Å². The first-order valence-electron chi connectivity index (χ1n) is 17.6. The summed E-state index contributed by atoms with van der Waals surface area (Å²) in [5.41, 5.74) is 9.96. The molecule has 0 aliphatic carbocycles. The van der Waals surface area contributed by atoms with Crippen LogP contribution in [0.1, 0.15) is 0 Å². The molecule has 1 aliphatic heterocycles. The lowest BCUT2D eigenvalue weighted by Crippen LogP contribution is -2.15. The highest BCUT2D eigenvalue weighted by atomic mass is 32.1. The third kappa shape index (κ3) is 4.71. The van der Waals surface area contributed by atoms with Gasteiger partial charge in [-0.3, -0.25) is 9.47 Å². The summed E-state index contributed by atoms with van der Waals surface area (Å²) in [6.07, 6.45) is 0. The van der Waals surface area contributed by atoms with Gasteiger partial charge in [0.05, 0.1) is 28.1 Å². The minimum atomic E-state index is 0.585. The summed E-state index contributed by atoms with van der Waals surface area (Å²) >= 11 is 1.80. The van der Waals surface area contributed by atoms with Crippen LogP contribution in [0.2, 0.25) is 0 Å². The molecule has 0 fully saturated rings. The summed E-state index contributed by atoms with van der Waals surface area (Å²) in [4.78, 5) is 23.2. The number of imidazole rings is 1. The standard InChI is InChI=1S/C46H28N6S/c1-2-14-29(15-3-1)43-48-44(30-26-27-42-35(28-30)33-18-7-13-25-41(33)53-42)50-45(49-43)34-19-6-11-23-39(34)51-37-21-9-4-16-31(37)32-17-5-10-22-38(32)52-40-24-12-8-20-36(40)47-46(51)52/h1-28H. The van der Waals surface area contributed by atoms with Crippen LogP contribution in [0.3, 0.4) is 0 Å². The lowest BCUT2D eigenvalue weighted by molar-refractivity contribution is 1.04. The molecule has 11 rings (SSSR count). The molecule has 4 heterocycles. The second-order valence-electron chi connectivity index (χ2n) is 13.1. The predicted octanol–water partition coefficient (Wildman–Crippen LogP) is 12.0. The number of thiophene rings is 1. The summed E-state index contributed by atoms with van der Waals surface area (Å²) < 4.78 is 4.78. The van der Waals surface area contributed by atoms with Gasteiger partial charge in [0.25, 0.3) is 0 Å². The van der Waals surface area contributed by atoms with Gasteiger partial charge >= 0.3 is 0 Å². The SMILES string of the molecule is c1ccc(-c2nc(-c3ccc4sc5ccccc5c4c3)nc(-c3ccccc3N3c4ccccc4-c4ccccc4-n4c3nc3ccccc34)n2)cc1. The van der Waals surface area contributed by atoms with Crippen LogP contribution in [0.25, 0.3) is 82.2 Å². The number of nitrogens with zero attached hydrogens (tertiary/aromatic N) is 6. The van der Waals surface area contributed by atoms with Crippen LogP contribution in [0.4, 0.5) is 17.3 Å². The molecule has 0 amide bonds. The van der Waals surface area contributed by atoms with E-state index in [1.807, 2.05) is 24.3 Å². The maximum absolute atomic E-state index is 5.32. The van der Waals surface area contributed by atoms with Gasteiger partial charge in [0.2, 0.25) is 5.95 Å². The summed E-state index contributed by atoms with van der Waals surface area (Å²) in [7, 11) is 0. The first kappa shape index (κ1) is 29.7. The van der Waals surface area contributed by atoms with Crippen LogP contribution >= 0.6 is 11.3 Å². The van der Waals surface area contributed by atoms with Crippen LogP contribution in [-0.2, 0) is 0 Å². The van der Waals surface area contributed by atoms with Crippen molar-refractivity contribution in [2.75, 3.05) is 4.90 Å². The number of benzene rings is 7. The van der Waals surface area contributed by atoms with E-state index in [0.29, 0.717) is 17.5 Å². The fraction of sp³-hybridized carbons (Fsp3) is 0. The second kappa shape index (κ2) is 11.8. The highest BCUT2D eigenvalue weighted by Gasteiger charge is 2.31. The zero-order valence-corrected chi connectivity index (χ0v) is 29.1. The van der Waals surface area contributed by atoms with Gasteiger partial charge in [-0.2, -0.15) is 0 Å². The number of hydrogen-bond donors (Lipinski definition) is 0. The van der Waals surface area contributed by atoms with Crippen molar-refractivity contribution >= 4 is 59.9 Å². The van der Waals surface area contributed by atoms with Crippen LogP contribution in [0, 0.1) is 0 Å². The number of para-hydroxylation sites is 5. The summed E-state index contributed by atoms with van der Waals surface area (Å²) in [6, 6.07) is 59.1. The first-order chi connectivity index (χ1) is 26.3. The molecule has 7 aromatic carbocycles. The van der Waals surface area contributed by atoms with E-state index < -0.39 is 0 Å². The van der Waals surface area contributed by atoms with Crippen molar-refractivity contribution < 1.29 is 0 Å². The molecule has 3 aromatic heterocycles. The molecule has 0 saturated heterocycles. The molecule has 0 unspecified atom stereocenters. The Morgan fingerprint density at radius 1 is 0.396 bits per heavy atom. The van der Waals surface area contributed by atoms with E-state index in [-0.39, 0.29) is 0 Å². The Morgan fingerprint density at radius 2 is 0.981 bits per heavy atom. The molecule has 53 heavy (non-hydrogen) atoms. The van der Waals surface area contributed by atoms with Crippen molar-refractivity contribution in [2.45, 2.75) is 0 Å². The van der Waals surface area contributed by atoms with E-state index in [1.54, 1.807) is 11.3 Å². The number of aromatic nitrogens is 5. The Kier molecular flexibility index (Phi) is 6.62.